The molecule has 0 fully saturated rings. The summed E-state index contributed by atoms with van der Waals surface area (Å²) in [5, 5.41) is 0. The van der Waals surface area contributed by atoms with E-state index in [1.165, 1.54) is 25.7 Å². The number of nitrogens with one attached hydrogen (secondary N) is 1. The summed E-state index contributed by atoms with van der Waals surface area (Å²) in [5.74, 6) is 5.13. The zero-order valence-corrected chi connectivity index (χ0v) is 8.68. The van der Waals surface area contributed by atoms with Crippen LogP contribution in [0.3, 0.4) is 0 Å². The van der Waals surface area contributed by atoms with Gasteiger partial charge in [-0.05, 0) is 37.8 Å². The lowest BCUT2D eigenvalue weighted by Gasteiger charge is -1.91. The minimum atomic E-state index is 0.883. The first-order valence-electron chi connectivity index (χ1n) is 5.24. The van der Waals surface area contributed by atoms with E-state index in [0.717, 1.165) is 19.4 Å². The summed E-state index contributed by atoms with van der Waals surface area (Å²) in [4.78, 5) is 0. The molecule has 0 amide bonds. The van der Waals surface area contributed by atoms with Crippen molar-refractivity contribution in [2.45, 2.75) is 45.4 Å². The maximum Gasteiger partial charge on any atom is 0.0101 e. The van der Waals surface area contributed by atoms with Gasteiger partial charge in [-0.15, -0.1) is 5.73 Å². The number of hydrogen-bond donors (Lipinski definition) is 2. The van der Waals surface area contributed by atoms with Gasteiger partial charge in [0.25, 0.3) is 0 Å². The Labute approximate surface area is 81.9 Å². The first-order valence-corrected chi connectivity index (χ1v) is 5.24. The number of nitrogens with two attached hydrogens (primary N) is 1. The van der Waals surface area contributed by atoms with Crippen molar-refractivity contribution in [3.8, 4) is 0 Å². The predicted molar refractivity (Wildman–Crippen MR) is 58.2 cm³/mol. The maximum atomic E-state index is 5.13. The van der Waals surface area contributed by atoms with Gasteiger partial charge in [-0.25, -0.2) is 0 Å². The Morgan fingerprint density at radius 2 is 1.85 bits per heavy atom. The number of hydrazine groups is 1. The standard InChI is InChI=1S/C11H22N2/c1-2-3-4-5-6-7-8-9-10-11-13-12/h6,8,13H,2-5,9-12H2,1H3. The Hall–Kier alpha value is -0.560. The molecule has 0 radical (unpaired) electrons. The van der Waals surface area contributed by atoms with Crippen molar-refractivity contribution in [3.05, 3.63) is 17.9 Å². The van der Waals surface area contributed by atoms with E-state index in [2.05, 4.69) is 30.2 Å². The Bertz CT molecular complexity index is 132. The summed E-state index contributed by atoms with van der Waals surface area (Å²) in [6.45, 7) is 3.10. The summed E-state index contributed by atoms with van der Waals surface area (Å²) >= 11 is 0. The van der Waals surface area contributed by atoms with E-state index in [-0.39, 0.29) is 0 Å². The van der Waals surface area contributed by atoms with Crippen LogP contribution in [0.4, 0.5) is 0 Å². The zero-order chi connectivity index (χ0) is 9.78. The van der Waals surface area contributed by atoms with Crippen LogP contribution in [0.25, 0.3) is 0 Å². The van der Waals surface area contributed by atoms with Crippen molar-refractivity contribution in [1.29, 1.82) is 0 Å². The van der Waals surface area contributed by atoms with Crippen LogP contribution >= 0.6 is 0 Å². The van der Waals surface area contributed by atoms with Gasteiger partial charge < -0.3 is 0 Å². The minimum absolute atomic E-state index is 0.883. The van der Waals surface area contributed by atoms with E-state index < -0.39 is 0 Å². The first kappa shape index (κ1) is 12.4. The van der Waals surface area contributed by atoms with Crippen molar-refractivity contribution >= 4 is 0 Å². The largest absolute Gasteiger partial charge is 0.271 e. The predicted octanol–water partition coefficient (Wildman–Crippen LogP) is 2.52. The van der Waals surface area contributed by atoms with E-state index in [1.54, 1.807) is 0 Å². The van der Waals surface area contributed by atoms with Gasteiger partial charge in [0.1, 0.15) is 0 Å². The fourth-order valence-electron chi connectivity index (χ4n) is 1.05. The number of rotatable bonds is 8. The summed E-state index contributed by atoms with van der Waals surface area (Å²) in [6, 6.07) is 0. The number of unbranched alkanes of at least 4 members (excludes halogenated alkanes) is 4. The summed E-state index contributed by atoms with van der Waals surface area (Å²) in [5.41, 5.74) is 5.81. The molecule has 2 nitrogen and oxygen atoms in total. The second-order valence-corrected chi connectivity index (χ2v) is 3.17. The molecule has 0 aromatic heterocycles. The van der Waals surface area contributed by atoms with Crippen LogP contribution in [0.15, 0.2) is 17.9 Å². The third-order valence-corrected chi connectivity index (χ3v) is 1.86. The van der Waals surface area contributed by atoms with E-state index in [0.29, 0.717) is 0 Å². The Morgan fingerprint density at radius 3 is 2.46 bits per heavy atom. The average molecular weight is 182 g/mol. The lowest BCUT2D eigenvalue weighted by molar-refractivity contribution is 0.687. The molecule has 76 valence electrons. The van der Waals surface area contributed by atoms with E-state index in [1.807, 2.05) is 0 Å². The van der Waals surface area contributed by atoms with Crippen LogP contribution in [-0.4, -0.2) is 6.54 Å². The van der Waals surface area contributed by atoms with Gasteiger partial charge in [0.2, 0.25) is 0 Å². The molecule has 2 heteroatoms. The van der Waals surface area contributed by atoms with Gasteiger partial charge in [-0.3, -0.25) is 11.3 Å². The highest BCUT2D eigenvalue weighted by atomic mass is 15.2. The Morgan fingerprint density at radius 1 is 1.15 bits per heavy atom. The molecule has 0 rings (SSSR count). The summed E-state index contributed by atoms with van der Waals surface area (Å²) < 4.78 is 0. The molecule has 0 atom stereocenters. The molecular formula is C11H22N2. The second kappa shape index (κ2) is 11.4. The SMILES string of the molecule is CCCCCC=C=CCCCNN. The van der Waals surface area contributed by atoms with Gasteiger partial charge in [0.05, 0.1) is 0 Å². The van der Waals surface area contributed by atoms with Gasteiger partial charge in [0.15, 0.2) is 0 Å². The molecule has 3 N–H and O–H groups in total. The molecule has 0 heterocycles. The van der Waals surface area contributed by atoms with E-state index >= 15 is 0 Å². The third kappa shape index (κ3) is 11.4. The van der Waals surface area contributed by atoms with Crippen molar-refractivity contribution in [3.63, 3.8) is 0 Å². The fraction of sp³-hybridized carbons (Fsp3) is 0.727. The minimum Gasteiger partial charge on any atom is -0.271 e. The molecule has 0 aliphatic heterocycles. The molecule has 0 aromatic carbocycles. The molecule has 0 aliphatic carbocycles. The summed E-state index contributed by atoms with van der Waals surface area (Å²) in [7, 11) is 0. The van der Waals surface area contributed by atoms with Crippen LogP contribution in [0, 0.1) is 0 Å². The van der Waals surface area contributed by atoms with Crippen molar-refractivity contribution in [1.82, 2.24) is 5.43 Å². The maximum absolute atomic E-state index is 5.13. The van der Waals surface area contributed by atoms with Gasteiger partial charge in [-0.1, -0.05) is 19.8 Å². The molecular weight excluding hydrogens is 160 g/mol. The lowest BCUT2D eigenvalue weighted by Crippen LogP contribution is -2.22. The second-order valence-electron chi connectivity index (χ2n) is 3.17. The first-order chi connectivity index (χ1) is 6.41. The molecule has 0 unspecified atom stereocenters. The molecule has 0 aliphatic rings. The van der Waals surface area contributed by atoms with Crippen molar-refractivity contribution < 1.29 is 0 Å². The zero-order valence-electron chi connectivity index (χ0n) is 8.68. The van der Waals surface area contributed by atoms with Crippen LogP contribution in [-0.2, 0) is 0 Å². The number of hydrogen-bond acceptors (Lipinski definition) is 2. The molecule has 0 aromatic rings. The molecule has 13 heavy (non-hydrogen) atoms. The van der Waals surface area contributed by atoms with Crippen LogP contribution in [0.2, 0.25) is 0 Å². The smallest absolute Gasteiger partial charge is 0.0101 e. The average Bonchev–Trinajstić information content (AvgIpc) is 2.16. The van der Waals surface area contributed by atoms with Gasteiger partial charge in [0, 0.05) is 6.54 Å². The van der Waals surface area contributed by atoms with E-state index in [4.69, 9.17) is 5.84 Å². The Balaban J connectivity index is 3.16. The highest BCUT2D eigenvalue weighted by Crippen LogP contribution is 1.98. The molecule has 0 saturated carbocycles. The summed E-state index contributed by atoms with van der Waals surface area (Å²) in [6.07, 6.45) is 11.5. The normalized spacial score (nSPS) is 9.38. The lowest BCUT2D eigenvalue weighted by atomic mass is 10.2. The van der Waals surface area contributed by atoms with Crippen molar-refractivity contribution in [2.24, 2.45) is 5.84 Å². The van der Waals surface area contributed by atoms with E-state index in [9.17, 15) is 0 Å². The van der Waals surface area contributed by atoms with Crippen molar-refractivity contribution in [2.75, 3.05) is 6.54 Å². The molecule has 0 saturated heterocycles. The van der Waals surface area contributed by atoms with Crippen LogP contribution in [0.1, 0.15) is 45.4 Å². The van der Waals surface area contributed by atoms with Crippen LogP contribution < -0.4 is 11.3 Å². The Kier molecular flexibility index (Phi) is 10.9. The molecule has 0 bridgehead atoms. The third-order valence-electron chi connectivity index (χ3n) is 1.86. The highest BCUT2D eigenvalue weighted by Gasteiger charge is 1.80. The fourth-order valence-corrected chi connectivity index (χ4v) is 1.05. The number of allylic oxidation sites excluding steroid dienone is 1. The molecule has 0 spiro atoms. The monoisotopic (exact) mass is 182 g/mol. The quantitative estimate of drug-likeness (QED) is 0.262. The topological polar surface area (TPSA) is 38.0 Å². The van der Waals surface area contributed by atoms with Gasteiger partial charge in [-0.2, -0.15) is 0 Å². The van der Waals surface area contributed by atoms with Crippen LogP contribution in [0.5, 0.6) is 0 Å². The van der Waals surface area contributed by atoms with Gasteiger partial charge >= 0.3 is 0 Å². The highest BCUT2D eigenvalue weighted by molar-refractivity contribution is 4.84.